The van der Waals surface area contributed by atoms with Gasteiger partial charge in [0, 0.05) is 31.6 Å². The monoisotopic (exact) mass is 347 g/mol. The Bertz CT molecular complexity index is 714. The summed E-state index contributed by atoms with van der Waals surface area (Å²) in [6.45, 7) is 7.57. The fraction of sp³-hybridized carbons (Fsp3) is 0.556. The van der Waals surface area contributed by atoms with Gasteiger partial charge in [-0.2, -0.15) is 4.37 Å². The average Bonchev–Trinajstić information content (AvgIpc) is 2.97. The lowest BCUT2D eigenvalue weighted by atomic mass is 10.0. The van der Waals surface area contributed by atoms with E-state index in [1.54, 1.807) is 16.4 Å². The predicted molar refractivity (Wildman–Crippen MR) is 98.9 cm³/mol. The third-order valence-electron chi connectivity index (χ3n) is 4.35. The lowest BCUT2D eigenvalue weighted by Crippen LogP contribution is -2.47. The van der Waals surface area contributed by atoms with E-state index in [4.69, 9.17) is 4.74 Å². The predicted octanol–water partition coefficient (Wildman–Crippen LogP) is 4.13. The topological polar surface area (TPSA) is 45.7 Å². The molecule has 1 aliphatic rings. The van der Waals surface area contributed by atoms with Crippen LogP contribution in [0, 0.1) is 0 Å². The summed E-state index contributed by atoms with van der Waals surface area (Å²) in [5.41, 5.74) is 0.610. The molecule has 5 nitrogen and oxygen atoms in total. The molecular formula is C18H25N3O2S. The number of nitrogens with zero attached hydrogens (tertiary/aromatic N) is 3. The Kier molecular flexibility index (Phi) is 4.67. The van der Waals surface area contributed by atoms with E-state index in [0.29, 0.717) is 0 Å². The van der Waals surface area contributed by atoms with Crippen molar-refractivity contribution in [1.29, 1.82) is 0 Å². The first-order valence-corrected chi connectivity index (χ1v) is 9.18. The molecule has 3 rings (SSSR count). The standard InChI is InChI=1S/C18H25N3O2S/c1-18(2,3)23-17(22)20(4)13-9-11-21(12-10-13)16-14-7-5-6-8-15(14)19-24-16/h5-8,13H,9-12H2,1-4H3. The van der Waals surface area contributed by atoms with E-state index in [9.17, 15) is 4.79 Å². The minimum absolute atomic E-state index is 0.232. The molecule has 0 unspecified atom stereocenters. The zero-order valence-corrected chi connectivity index (χ0v) is 15.6. The molecule has 0 bridgehead atoms. The van der Waals surface area contributed by atoms with E-state index in [2.05, 4.69) is 27.5 Å². The number of carbonyl (C=O) groups is 1. The second-order valence-corrected chi connectivity index (χ2v) is 8.07. The molecule has 0 N–H and O–H groups in total. The van der Waals surface area contributed by atoms with Gasteiger partial charge >= 0.3 is 6.09 Å². The summed E-state index contributed by atoms with van der Waals surface area (Å²) in [5.74, 6) is 0. The second kappa shape index (κ2) is 6.59. The van der Waals surface area contributed by atoms with Crippen LogP contribution in [0.15, 0.2) is 24.3 Å². The summed E-state index contributed by atoms with van der Waals surface area (Å²) in [6, 6.07) is 8.50. The van der Waals surface area contributed by atoms with Crippen LogP contribution in [0.3, 0.4) is 0 Å². The largest absolute Gasteiger partial charge is 0.444 e. The Morgan fingerprint density at radius 3 is 2.62 bits per heavy atom. The number of anilines is 1. The van der Waals surface area contributed by atoms with E-state index < -0.39 is 5.60 Å². The summed E-state index contributed by atoms with van der Waals surface area (Å²) >= 11 is 1.56. The molecule has 1 saturated heterocycles. The van der Waals surface area contributed by atoms with Crippen LogP contribution >= 0.6 is 11.5 Å². The lowest BCUT2D eigenvalue weighted by molar-refractivity contribution is 0.0201. The van der Waals surface area contributed by atoms with Crippen LogP contribution in [0.2, 0.25) is 0 Å². The molecule has 130 valence electrons. The molecule has 0 atom stereocenters. The third-order valence-corrected chi connectivity index (χ3v) is 5.28. The third kappa shape index (κ3) is 3.64. The van der Waals surface area contributed by atoms with E-state index in [1.165, 1.54) is 10.4 Å². The highest BCUT2D eigenvalue weighted by molar-refractivity contribution is 7.11. The van der Waals surface area contributed by atoms with Gasteiger partial charge in [-0.05, 0) is 57.3 Å². The van der Waals surface area contributed by atoms with Crippen molar-refractivity contribution in [3.63, 3.8) is 0 Å². The van der Waals surface area contributed by atoms with Crippen LogP contribution in [-0.4, -0.2) is 47.1 Å². The van der Waals surface area contributed by atoms with E-state index >= 15 is 0 Å². The number of amides is 1. The minimum Gasteiger partial charge on any atom is -0.444 e. The molecule has 0 radical (unpaired) electrons. The molecule has 6 heteroatoms. The molecule has 0 saturated carbocycles. The van der Waals surface area contributed by atoms with Crippen molar-refractivity contribution >= 4 is 33.5 Å². The molecule has 0 aliphatic carbocycles. The fourth-order valence-corrected chi connectivity index (χ4v) is 3.96. The van der Waals surface area contributed by atoms with Crippen molar-refractivity contribution in [1.82, 2.24) is 9.27 Å². The quantitative estimate of drug-likeness (QED) is 0.819. The van der Waals surface area contributed by atoms with Gasteiger partial charge in [-0.1, -0.05) is 12.1 Å². The van der Waals surface area contributed by atoms with E-state index in [1.807, 2.05) is 33.9 Å². The van der Waals surface area contributed by atoms with Gasteiger partial charge in [-0.25, -0.2) is 4.79 Å². The summed E-state index contributed by atoms with van der Waals surface area (Å²) < 4.78 is 10.0. The van der Waals surface area contributed by atoms with Crippen LogP contribution in [0.1, 0.15) is 33.6 Å². The van der Waals surface area contributed by atoms with Gasteiger partial charge in [-0.3, -0.25) is 0 Å². The number of carbonyl (C=O) groups excluding carboxylic acids is 1. The number of hydrogen-bond donors (Lipinski definition) is 0. The molecule has 1 aliphatic heterocycles. The SMILES string of the molecule is CN(C(=O)OC(C)(C)C)C1CCN(c2snc3ccccc23)CC1. The highest BCUT2D eigenvalue weighted by Crippen LogP contribution is 2.33. The summed E-state index contributed by atoms with van der Waals surface area (Å²) in [5, 5.41) is 2.46. The number of fused-ring (bicyclic) bond motifs is 1. The maximum atomic E-state index is 12.2. The molecule has 1 aromatic carbocycles. The van der Waals surface area contributed by atoms with Crippen LogP contribution in [0.25, 0.3) is 10.9 Å². The number of benzene rings is 1. The maximum absolute atomic E-state index is 12.2. The first-order chi connectivity index (χ1) is 11.3. The first kappa shape index (κ1) is 17.0. The average molecular weight is 347 g/mol. The van der Waals surface area contributed by atoms with Crippen LogP contribution < -0.4 is 4.90 Å². The van der Waals surface area contributed by atoms with Crippen LogP contribution in [0.5, 0.6) is 0 Å². The van der Waals surface area contributed by atoms with Gasteiger partial charge in [0.05, 0.1) is 5.52 Å². The van der Waals surface area contributed by atoms with Crippen molar-refractivity contribution in [2.24, 2.45) is 0 Å². The van der Waals surface area contributed by atoms with Crippen molar-refractivity contribution < 1.29 is 9.53 Å². The van der Waals surface area contributed by atoms with Crippen LogP contribution in [0.4, 0.5) is 9.80 Å². The molecule has 0 spiro atoms. The van der Waals surface area contributed by atoms with E-state index in [-0.39, 0.29) is 12.1 Å². The molecule has 2 aromatic rings. The summed E-state index contributed by atoms with van der Waals surface area (Å²) in [4.78, 5) is 16.4. The summed E-state index contributed by atoms with van der Waals surface area (Å²) in [7, 11) is 1.84. The Balaban J connectivity index is 1.62. The Labute approximate surface area is 147 Å². The Morgan fingerprint density at radius 2 is 1.96 bits per heavy atom. The smallest absolute Gasteiger partial charge is 0.410 e. The number of piperidine rings is 1. The number of hydrogen-bond acceptors (Lipinski definition) is 5. The number of rotatable bonds is 2. The van der Waals surface area contributed by atoms with Crippen molar-refractivity contribution in [2.45, 2.75) is 45.3 Å². The minimum atomic E-state index is -0.451. The molecule has 1 aromatic heterocycles. The Morgan fingerprint density at radius 1 is 1.29 bits per heavy atom. The molecule has 1 fully saturated rings. The molecule has 2 heterocycles. The zero-order valence-electron chi connectivity index (χ0n) is 14.8. The van der Waals surface area contributed by atoms with Gasteiger partial charge in [0.1, 0.15) is 10.6 Å². The molecule has 24 heavy (non-hydrogen) atoms. The van der Waals surface area contributed by atoms with Gasteiger partial charge in [0.2, 0.25) is 0 Å². The number of aromatic nitrogens is 1. The Hall–Kier alpha value is -1.82. The van der Waals surface area contributed by atoms with Crippen molar-refractivity contribution in [2.75, 3.05) is 25.0 Å². The lowest BCUT2D eigenvalue weighted by Gasteiger charge is -2.37. The molecular weight excluding hydrogens is 322 g/mol. The first-order valence-electron chi connectivity index (χ1n) is 8.40. The number of ether oxygens (including phenoxy) is 1. The van der Waals surface area contributed by atoms with Crippen LogP contribution in [-0.2, 0) is 4.74 Å². The van der Waals surface area contributed by atoms with Gasteiger partial charge in [-0.15, -0.1) is 0 Å². The fourth-order valence-electron chi connectivity index (χ4n) is 3.04. The maximum Gasteiger partial charge on any atom is 0.410 e. The van der Waals surface area contributed by atoms with Gasteiger partial charge < -0.3 is 14.5 Å². The second-order valence-electron chi connectivity index (χ2n) is 7.31. The highest BCUT2D eigenvalue weighted by Gasteiger charge is 2.29. The molecule has 1 amide bonds. The van der Waals surface area contributed by atoms with Gasteiger partial charge in [0.25, 0.3) is 0 Å². The van der Waals surface area contributed by atoms with Crippen molar-refractivity contribution in [3.05, 3.63) is 24.3 Å². The summed E-state index contributed by atoms with van der Waals surface area (Å²) in [6.07, 6.45) is 1.66. The van der Waals surface area contributed by atoms with Gasteiger partial charge in [0.15, 0.2) is 0 Å². The highest BCUT2D eigenvalue weighted by atomic mass is 32.1. The zero-order chi connectivity index (χ0) is 17.3. The normalized spacial score (nSPS) is 16.4. The van der Waals surface area contributed by atoms with Crippen molar-refractivity contribution in [3.8, 4) is 0 Å². The van der Waals surface area contributed by atoms with E-state index in [0.717, 1.165) is 31.4 Å².